The quantitative estimate of drug-likeness (QED) is 0.747. The molecule has 3 rings (SSSR count). The molecule has 0 aliphatic heterocycles. The largest absolute Gasteiger partial charge is 0.356 e. The average molecular weight is 288 g/mol. The third-order valence-electron chi connectivity index (χ3n) is 3.58. The molecular weight excluding hydrogens is 272 g/mol. The van der Waals surface area contributed by atoms with Crippen molar-refractivity contribution in [3.8, 4) is 11.1 Å². The fourth-order valence-corrected chi connectivity index (χ4v) is 2.40. The summed E-state index contributed by atoms with van der Waals surface area (Å²) in [4.78, 5) is 15.6. The summed E-state index contributed by atoms with van der Waals surface area (Å²) in [5.41, 5.74) is 3.06. The highest BCUT2D eigenvalue weighted by atomic mass is 16.1. The summed E-state index contributed by atoms with van der Waals surface area (Å²) in [6.07, 6.45) is 6.90. The molecule has 3 aromatic rings. The second-order valence-corrected chi connectivity index (χ2v) is 4.97. The van der Waals surface area contributed by atoms with Crippen molar-refractivity contribution in [2.24, 2.45) is 0 Å². The van der Waals surface area contributed by atoms with E-state index in [9.17, 15) is 4.79 Å². The summed E-state index contributed by atoms with van der Waals surface area (Å²) in [7, 11) is 1.61. The van der Waals surface area contributed by atoms with E-state index >= 15 is 0 Å². The highest BCUT2D eigenvalue weighted by Crippen LogP contribution is 2.27. The predicted octanol–water partition coefficient (Wildman–Crippen LogP) is 3.66. The van der Waals surface area contributed by atoms with Crippen molar-refractivity contribution >= 4 is 22.8 Å². The maximum atomic E-state index is 11.4. The SMILES string of the molecule is CNC(=O)/C=C/c1ccncc1-c1ccc2ccccc2c1. The van der Waals surface area contributed by atoms with E-state index in [1.807, 2.05) is 30.5 Å². The Morgan fingerprint density at radius 3 is 2.73 bits per heavy atom. The van der Waals surface area contributed by atoms with Crippen molar-refractivity contribution in [2.45, 2.75) is 0 Å². The number of benzene rings is 2. The zero-order valence-electron chi connectivity index (χ0n) is 12.3. The van der Waals surface area contributed by atoms with Crippen molar-refractivity contribution < 1.29 is 4.79 Å². The molecule has 0 saturated carbocycles. The number of aromatic nitrogens is 1. The standard InChI is InChI=1S/C19H16N2O/c1-20-19(22)9-8-15-10-11-21-13-18(15)17-7-6-14-4-2-3-5-16(14)12-17/h2-13H,1H3,(H,20,22)/b9-8+. The van der Waals surface area contributed by atoms with E-state index in [2.05, 4.69) is 40.6 Å². The predicted molar refractivity (Wildman–Crippen MR) is 90.3 cm³/mol. The maximum Gasteiger partial charge on any atom is 0.243 e. The lowest BCUT2D eigenvalue weighted by Crippen LogP contribution is -2.13. The van der Waals surface area contributed by atoms with Gasteiger partial charge in [-0.15, -0.1) is 0 Å². The van der Waals surface area contributed by atoms with Crippen molar-refractivity contribution in [3.63, 3.8) is 0 Å². The van der Waals surface area contributed by atoms with Gasteiger partial charge in [0.2, 0.25) is 5.91 Å². The number of likely N-dealkylation sites (N-methyl/N-ethyl adjacent to an activating group) is 1. The fraction of sp³-hybridized carbons (Fsp3) is 0.0526. The van der Waals surface area contributed by atoms with Crippen molar-refractivity contribution in [1.29, 1.82) is 0 Å². The van der Waals surface area contributed by atoms with Crippen molar-refractivity contribution in [3.05, 3.63) is 72.6 Å². The van der Waals surface area contributed by atoms with E-state index < -0.39 is 0 Å². The molecule has 22 heavy (non-hydrogen) atoms. The monoisotopic (exact) mass is 288 g/mol. The number of amides is 1. The Morgan fingerprint density at radius 1 is 1.09 bits per heavy atom. The number of carbonyl (C=O) groups is 1. The molecule has 1 N–H and O–H groups in total. The molecule has 0 unspecified atom stereocenters. The van der Waals surface area contributed by atoms with Crippen LogP contribution in [0.2, 0.25) is 0 Å². The Bertz CT molecular complexity index is 853. The number of hydrogen-bond donors (Lipinski definition) is 1. The molecule has 1 amide bonds. The first-order valence-corrected chi connectivity index (χ1v) is 7.11. The Hall–Kier alpha value is -2.94. The lowest BCUT2D eigenvalue weighted by Gasteiger charge is -2.07. The molecule has 108 valence electrons. The molecule has 0 aliphatic rings. The zero-order valence-corrected chi connectivity index (χ0v) is 12.3. The minimum absolute atomic E-state index is 0.124. The summed E-state index contributed by atoms with van der Waals surface area (Å²) >= 11 is 0. The van der Waals surface area contributed by atoms with E-state index in [1.165, 1.54) is 16.8 Å². The number of nitrogens with one attached hydrogen (secondary N) is 1. The molecule has 0 atom stereocenters. The van der Waals surface area contributed by atoms with E-state index in [-0.39, 0.29) is 5.91 Å². The smallest absolute Gasteiger partial charge is 0.243 e. The molecule has 0 saturated heterocycles. The van der Waals surface area contributed by atoms with Gasteiger partial charge in [-0.2, -0.15) is 0 Å². The summed E-state index contributed by atoms with van der Waals surface area (Å²) in [6, 6.07) is 16.5. The number of hydrogen-bond acceptors (Lipinski definition) is 2. The first-order chi connectivity index (χ1) is 10.8. The van der Waals surface area contributed by atoms with Crippen LogP contribution in [-0.4, -0.2) is 17.9 Å². The normalized spacial score (nSPS) is 11.0. The fourth-order valence-electron chi connectivity index (χ4n) is 2.40. The van der Waals surface area contributed by atoms with Gasteiger partial charge in [0.1, 0.15) is 0 Å². The van der Waals surface area contributed by atoms with Gasteiger partial charge >= 0.3 is 0 Å². The summed E-state index contributed by atoms with van der Waals surface area (Å²) in [5.74, 6) is -0.124. The van der Waals surface area contributed by atoms with Gasteiger partial charge in [-0.05, 0) is 40.1 Å². The van der Waals surface area contributed by atoms with Gasteiger partial charge in [0.25, 0.3) is 0 Å². The molecule has 3 heteroatoms. The molecule has 0 fully saturated rings. The minimum Gasteiger partial charge on any atom is -0.356 e. The Morgan fingerprint density at radius 2 is 1.91 bits per heavy atom. The van der Waals surface area contributed by atoms with Gasteiger partial charge in [-0.1, -0.05) is 36.4 Å². The van der Waals surface area contributed by atoms with Crippen molar-refractivity contribution in [2.75, 3.05) is 7.05 Å². The summed E-state index contributed by atoms with van der Waals surface area (Å²) < 4.78 is 0. The number of carbonyl (C=O) groups excluding carboxylic acids is 1. The van der Waals surface area contributed by atoms with Gasteiger partial charge in [0.05, 0.1) is 0 Å². The molecule has 3 nitrogen and oxygen atoms in total. The van der Waals surface area contributed by atoms with Gasteiger partial charge in [-0.25, -0.2) is 0 Å². The van der Waals surface area contributed by atoms with Crippen LogP contribution in [0.1, 0.15) is 5.56 Å². The van der Waals surface area contributed by atoms with E-state index in [0.717, 1.165) is 16.7 Å². The number of fused-ring (bicyclic) bond motifs is 1. The van der Waals surface area contributed by atoms with Crippen LogP contribution < -0.4 is 5.32 Å². The van der Waals surface area contributed by atoms with Crippen LogP contribution in [-0.2, 0) is 4.79 Å². The summed E-state index contributed by atoms with van der Waals surface area (Å²) in [5, 5.41) is 4.97. The summed E-state index contributed by atoms with van der Waals surface area (Å²) in [6.45, 7) is 0. The average Bonchev–Trinajstić information content (AvgIpc) is 2.59. The van der Waals surface area contributed by atoms with Crippen LogP contribution in [0.15, 0.2) is 67.0 Å². The van der Waals surface area contributed by atoms with Crippen LogP contribution in [0, 0.1) is 0 Å². The van der Waals surface area contributed by atoms with E-state index in [4.69, 9.17) is 0 Å². The third-order valence-corrected chi connectivity index (χ3v) is 3.58. The number of pyridine rings is 1. The Kier molecular flexibility index (Phi) is 3.97. The van der Waals surface area contributed by atoms with Crippen LogP contribution in [0.25, 0.3) is 28.0 Å². The third kappa shape index (κ3) is 2.88. The van der Waals surface area contributed by atoms with Crippen LogP contribution in [0.4, 0.5) is 0 Å². The maximum absolute atomic E-state index is 11.4. The lowest BCUT2D eigenvalue weighted by molar-refractivity contribution is -0.115. The number of nitrogens with zero attached hydrogens (tertiary/aromatic N) is 1. The Balaban J connectivity index is 2.06. The van der Waals surface area contributed by atoms with Crippen LogP contribution >= 0.6 is 0 Å². The van der Waals surface area contributed by atoms with Crippen LogP contribution in [0.3, 0.4) is 0 Å². The van der Waals surface area contributed by atoms with Gasteiger partial charge < -0.3 is 5.32 Å². The first kappa shape index (κ1) is 14.0. The second kappa shape index (κ2) is 6.22. The second-order valence-electron chi connectivity index (χ2n) is 4.97. The Labute approximate surface area is 129 Å². The minimum atomic E-state index is -0.124. The highest BCUT2D eigenvalue weighted by Gasteiger charge is 2.04. The molecule has 0 bridgehead atoms. The van der Waals surface area contributed by atoms with Crippen LogP contribution in [0.5, 0.6) is 0 Å². The highest BCUT2D eigenvalue weighted by molar-refractivity contribution is 5.93. The molecular formula is C19H16N2O. The molecule has 0 radical (unpaired) electrons. The topological polar surface area (TPSA) is 42.0 Å². The first-order valence-electron chi connectivity index (χ1n) is 7.11. The van der Waals surface area contributed by atoms with Gasteiger partial charge in [-0.3, -0.25) is 9.78 Å². The number of rotatable bonds is 3. The lowest BCUT2D eigenvalue weighted by atomic mass is 9.98. The van der Waals surface area contributed by atoms with E-state index in [1.54, 1.807) is 13.2 Å². The van der Waals surface area contributed by atoms with E-state index in [0.29, 0.717) is 0 Å². The molecule has 0 aliphatic carbocycles. The van der Waals surface area contributed by atoms with Gasteiger partial charge in [0.15, 0.2) is 0 Å². The molecule has 0 spiro atoms. The van der Waals surface area contributed by atoms with Crippen molar-refractivity contribution in [1.82, 2.24) is 10.3 Å². The molecule has 2 aromatic carbocycles. The molecule has 1 aromatic heterocycles. The zero-order chi connectivity index (χ0) is 15.4. The molecule has 1 heterocycles. The van der Waals surface area contributed by atoms with Gasteiger partial charge in [0, 0.05) is 31.1 Å².